The zero-order valence-corrected chi connectivity index (χ0v) is 23.9. The minimum Gasteiger partial charge on any atom is -0.491 e. The van der Waals surface area contributed by atoms with Crippen LogP contribution in [0.4, 0.5) is 5.69 Å². The highest BCUT2D eigenvalue weighted by atomic mass is 16.6. The van der Waals surface area contributed by atoms with Gasteiger partial charge in [0, 0.05) is 42.2 Å². The van der Waals surface area contributed by atoms with E-state index in [9.17, 15) is 35.0 Å². The molecular weight excluding hydrogens is 530 g/mol. The van der Waals surface area contributed by atoms with Crippen molar-refractivity contribution >= 4 is 17.6 Å². The molecule has 220 valence electrons. The lowest BCUT2D eigenvalue weighted by molar-refractivity contribution is -0.384. The highest BCUT2D eigenvalue weighted by molar-refractivity contribution is 5.98. The van der Waals surface area contributed by atoms with E-state index in [1.54, 1.807) is 30.9 Å². The number of ether oxygens (including phenoxy) is 1. The van der Waals surface area contributed by atoms with Gasteiger partial charge in [0.2, 0.25) is 0 Å². The van der Waals surface area contributed by atoms with Crippen LogP contribution in [0.25, 0.3) is 0 Å². The Morgan fingerprint density at radius 3 is 2.15 bits per heavy atom. The first-order chi connectivity index (χ1) is 19.2. The van der Waals surface area contributed by atoms with E-state index in [4.69, 9.17) is 4.74 Å². The standard InChI is InChI=1S/C30H37N3O8/c1-18-25(28(35)36)27(21-7-6-8-22(15-21)33(39)40)26(29(37)38)19(2)32(18)14-13-20-9-11-24(12-10-20)41-17-23(34)16-31-30(3,4)5/h6-12,15,23,27,31,34H,13-14,16-17H2,1-5H3,(H,35,36)(H,37,38). The molecule has 11 nitrogen and oxygen atoms in total. The van der Waals surface area contributed by atoms with Crippen LogP contribution in [0.3, 0.4) is 0 Å². The van der Waals surface area contributed by atoms with Gasteiger partial charge in [-0.3, -0.25) is 10.1 Å². The van der Waals surface area contributed by atoms with Crippen LogP contribution < -0.4 is 10.1 Å². The van der Waals surface area contributed by atoms with E-state index < -0.39 is 28.9 Å². The molecule has 0 saturated carbocycles. The summed E-state index contributed by atoms with van der Waals surface area (Å²) in [6.07, 6.45) is -0.191. The molecule has 41 heavy (non-hydrogen) atoms. The van der Waals surface area contributed by atoms with Gasteiger partial charge >= 0.3 is 11.9 Å². The third-order valence-corrected chi connectivity index (χ3v) is 6.90. The Bertz CT molecular complexity index is 1320. The Balaban J connectivity index is 1.79. The molecule has 2 aromatic rings. The molecule has 11 heteroatoms. The van der Waals surface area contributed by atoms with Crippen molar-refractivity contribution in [3.63, 3.8) is 0 Å². The number of benzene rings is 2. The van der Waals surface area contributed by atoms with Gasteiger partial charge in [-0.2, -0.15) is 0 Å². The number of nitrogens with one attached hydrogen (secondary N) is 1. The predicted octanol–water partition coefficient (Wildman–Crippen LogP) is 4.08. The molecule has 2 aromatic carbocycles. The van der Waals surface area contributed by atoms with Gasteiger partial charge in [0.15, 0.2) is 0 Å². The molecule has 1 aliphatic heterocycles. The molecule has 1 unspecified atom stereocenters. The second kappa shape index (κ2) is 13.0. The zero-order valence-electron chi connectivity index (χ0n) is 23.9. The molecule has 0 radical (unpaired) electrons. The summed E-state index contributed by atoms with van der Waals surface area (Å²) in [5.41, 5.74) is 1.23. The quantitative estimate of drug-likeness (QED) is 0.217. The Kier molecular flexibility index (Phi) is 9.90. The molecule has 0 aromatic heterocycles. The van der Waals surface area contributed by atoms with Crippen LogP contribution in [0.2, 0.25) is 0 Å². The normalized spacial score (nSPS) is 15.2. The van der Waals surface area contributed by atoms with Crippen LogP contribution in [0, 0.1) is 10.1 Å². The van der Waals surface area contributed by atoms with Gasteiger partial charge in [0.1, 0.15) is 18.5 Å². The maximum absolute atomic E-state index is 12.4. The number of nitro benzene ring substituents is 1. The maximum atomic E-state index is 12.4. The van der Waals surface area contributed by atoms with Gasteiger partial charge in [-0.15, -0.1) is 0 Å². The molecule has 0 aliphatic carbocycles. The number of carboxylic acid groups (broad SMARTS) is 2. The SMILES string of the molecule is CC1=C(C(=O)O)C(c2cccc([N+](=O)[O-])c2)C(C(=O)O)=C(C)N1CCc1ccc(OCC(O)CNC(C)(C)C)cc1. The number of carbonyl (C=O) groups is 2. The van der Waals surface area contributed by atoms with Gasteiger partial charge < -0.3 is 30.3 Å². The van der Waals surface area contributed by atoms with E-state index in [-0.39, 0.29) is 34.5 Å². The van der Waals surface area contributed by atoms with Crippen LogP contribution in [0.5, 0.6) is 5.75 Å². The summed E-state index contributed by atoms with van der Waals surface area (Å²) in [7, 11) is 0. The molecule has 1 heterocycles. The Morgan fingerprint density at radius 2 is 1.63 bits per heavy atom. The lowest BCUT2D eigenvalue weighted by Crippen LogP contribution is -2.42. The predicted molar refractivity (Wildman–Crippen MR) is 153 cm³/mol. The first kappa shape index (κ1) is 31.3. The van der Waals surface area contributed by atoms with Crippen molar-refractivity contribution in [2.75, 3.05) is 19.7 Å². The van der Waals surface area contributed by atoms with Crippen molar-refractivity contribution < 1.29 is 34.6 Å². The highest BCUT2D eigenvalue weighted by Gasteiger charge is 2.39. The fourth-order valence-corrected chi connectivity index (χ4v) is 4.82. The summed E-state index contributed by atoms with van der Waals surface area (Å²) < 4.78 is 5.69. The first-order valence-corrected chi connectivity index (χ1v) is 13.2. The largest absolute Gasteiger partial charge is 0.491 e. The summed E-state index contributed by atoms with van der Waals surface area (Å²) in [6.45, 7) is 10.1. The molecule has 1 atom stereocenters. The molecule has 0 spiro atoms. The van der Waals surface area contributed by atoms with Gasteiger partial charge in [-0.05, 0) is 64.3 Å². The monoisotopic (exact) mass is 567 g/mol. The second-order valence-corrected chi connectivity index (χ2v) is 11.0. The van der Waals surface area contributed by atoms with Gasteiger partial charge in [0.05, 0.1) is 22.0 Å². The van der Waals surface area contributed by atoms with E-state index in [2.05, 4.69) is 5.32 Å². The van der Waals surface area contributed by atoms with Crippen LogP contribution in [-0.2, 0) is 16.0 Å². The Labute approximate surface area is 238 Å². The van der Waals surface area contributed by atoms with E-state index in [0.29, 0.717) is 36.7 Å². The number of nitrogens with zero attached hydrogens (tertiary/aromatic N) is 2. The number of allylic oxidation sites excluding steroid dienone is 2. The van der Waals surface area contributed by atoms with Crippen LogP contribution in [0.15, 0.2) is 71.1 Å². The van der Waals surface area contributed by atoms with Crippen molar-refractivity contribution in [2.24, 2.45) is 0 Å². The third-order valence-electron chi connectivity index (χ3n) is 6.90. The Morgan fingerprint density at radius 1 is 1.05 bits per heavy atom. The minimum atomic E-state index is -1.29. The molecular formula is C30H37N3O8. The van der Waals surface area contributed by atoms with Gasteiger partial charge in [0.25, 0.3) is 5.69 Å². The van der Waals surface area contributed by atoms with Gasteiger partial charge in [-0.1, -0.05) is 24.3 Å². The number of rotatable bonds is 12. The number of aliphatic hydroxyl groups is 1. The number of β-amino-alcohol motifs (C(OH)–C–C–N with tert-alkyl or cyclic N) is 1. The molecule has 0 saturated heterocycles. The number of non-ortho nitro benzene ring substituents is 1. The van der Waals surface area contributed by atoms with Crippen molar-refractivity contribution in [2.45, 2.75) is 58.6 Å². The number of aliphatic hydroxyl groups excluding tert-OH is 1. The Hall–Kier alpha value is -4.22. The molecule has 1 aliphatic rings. The summed E-state index contributed by atoms with van der Waals surface area (Å²) in [6, 6.07) is 12.7. The summed E-state index contributed by atoms with van der Waals surface area (Å²) in [5, 5.41) is 45.0. The zero-order chi connectivity index (χ0) is 30.5. The lowest BCUT2D eigenvalue weighted by atomic mass is 9.79. The molecule has 0 bridgehead atoms. The number of carboxylic acids is 2. The molecule has 0 amide bonds. The number of hydrogen-bond donors (Lipinski definition) is 4. The van der Waals surface area contributed by atoms with Crippen molar-refractivity contribution in [3.05, 3.63) is 92.3 Å². The van der Waals surface area contributed by atoms with Crippen molar-refractivity contribution in [1.82, 2.24) is 10.2 Å². The average Bonchev–Trinajstić information content (AvgIpc) is 2.90. The van der Waals surface area contributed by atoms with Crippen LogP contribution >= 0.6 is 0 Å². The smallest absolute Gasteiger partial charge is 0.334 e. The fourth-order valence-electron chi connectivity index (χ4n) is 4.82. The maximum Gasteiger partial charge on any atom is 0.334 e. The van der Waals surface area contributed by atoms with Crippen LogP contribution in [-0.4, -0.2) is 68.4 Å². The topological polar surface area (TPSA) is 162 Å². The highest BCUT2D eigenvalue weighted by Crippen LogP contribution is 2.42. The van der Waals surface area contributed by atoms with Crippen LogP contribution in [0.1, 0.15) is 51.7 Å². The number of hydrogen-bond acceptors (Lipinski definition) is 8. The van der Waals surface area contributed by atoms with E-state index in [1.807, 2.05) is 32.9 Å². The molecule has 0 fully saturated rings. The summed E-state index contributed by atoms with van der Waals surface area (Å²) in [5.74, 6) is -3.17. The third kappa shape index (κ3) is 7.92. The lowest BCUT2D eigenvalue weighted by Gasteiger charge is -2.37. The average molecular weight is 568 g/mol. The van der Waals surface area contributed by atoms with Crippen molar-refractivity contribution in [1.29, 1.82) is 0 Å². The molecule has 4 N–H and O–H groups in total. The second-order valence-electron chi connectivity index (χ2n) is 11.0. The molecule has 3 rings (SSSR count). The van der Waals surface area contributed by atoms with Gasteiger partial charge in [-0.25, -0.2) is 9.59 Å². The number of aliphatic carboxylic acids is 2. The first-order valence-electron chi connectivity index (χ1n) is 13.2. The summed E-state index contributed by atoms with van der Waals surface area (Å²) >= 11 is 0. The summed E-state index contributed by atoms with van der Waals surface area (Å²) in [4.78, 5) is 37.3. The van der Waals surface area contributed by atoms with E-state index >= 15 is 0 Å². The van der Waals surface area contributed by atoms with Crippen molar-refractivity contribution in [3.8, 4) is 5.75 Å². The van der Waals surface area contributed by atoms with E-state index in [0.717, 1.165) is 5.56 Å². The fraction of sp³-hybridized carbons (Fsp3) is 0.400. The van der Waals surface area contributed by atoms with E-state index in [1.165, 1.54) is 24.3 Å². The minimum absolute atomic E-state index is 0.113. The number of nitro groups is 1.